The van der Waals surface area contributed by atoms with Gasteiger partial charge in [0.15, 0.2) is 0 Å². The van der Waals surface area contributed by atoms with Crippen LogP contribution in [0.25, 0.3) is 0 Å². The highest BCUT2D eigenvalue weighted by Crippen LogP contribution is 2.33. The fraction of sp³-hybridized carbons (Fsp3) is 0.643. The van der Waals surface area contributed by atoms with Gasteiger partial charge in [-0.3, -0.25) is 0 Å². The molecule has 1 aromatic heterocycles. The highest BCUT2D eigenvalue weighted by Gasteiger charge is 2.23. The van der Waals surface area contributed by atoms with Crippen molar-refractivity contribution in [2.45, 2.75) is 31.6 Å². The van der Waals surface area contributed by atoms with Crippen molar-refractivity contribution in [3.8, 4) is 6.07 Å². The first-order chi connectivity index (χ1) is 9.38. The topological polar surface area (TPSA) is 64.8 Å². The molecule has 0 amide bonds. The van der Waals surface area contributed by atoms with E-state index in [1.165, 1.54) is 25.7 Å². The third-order valence-electron chi connectivity index (χ3n) is 4.04. The Labute approximate surface area is 113 Å². The predicted octanol–water partition coefficient (Wildman–Crippen LogP) is 1.42. The molecular weight excluding hydrogens is 238 g/mol. The molecule has 0 spiro atoms. The van der Waals surface area contributed by atoms with Crippen LogP contribution >= 0.6 is 0 Å². The van der Waals surface area contributed by atoms with E-state index in [1.807, 2.05) is 0 Å². The van der Waals surface area contributed by atoms with Gasteiger partial charge in [-0.1, -0.05) is 12.8 Å². The second-order valence-corrected chi connectivity index (χ2v) is 5.30. The average Bonchev–Trinajstić information content (AvgIpc) is 3.02. The Hall–Kier alpha value is -1.67. The van der Waals surface area contributed by atoms with Crippen molar-refractivity contribution in [1.29, 1.82) is 5.26 Å². The summed E-state index contributed by atoms with van der Waals surface area (Å²) < 4.78 is 0. The molecule has 0 bridgehead atoms. The summed E-state index contributed by atoms with van der Waals surface area (Å²) in [5.41, 5.74) is 0.601. The smallest absolute Gasteiger partial charge is 0.150 e. The first-order valence-corrected chi connectivity index (χ1v) is 7.11. The second kappa shape index (κ2) is 5.54. The molecule has 100 valence electrons. The van der Waals surface area contributed by atoms with E-state index in [9.17, 15) is 5.26 Å². The summed E-state index contributed by atoms with van der Waals surface area (Å²) in [5.74, 6) is 2.26. The van der Waals surface area contributed by atoms with Gasteiger partial charge in [0.2, 0.25) is 0 Å². The molecule has 2 heterocycles. The van der Waals surface area contributed by atoms with E-state index in [2.05, 4.69) is 21.3 Å². The van der Waals surface area contributed by atoms with Gasteiger partial charge in [0.05, 0.1) is 6.20 Å². The van der Waals surface area contributed by atoms with Gasteiger partial charge < -0.3 is 10.2 Å². The highest BCUT2D eigenvalue weighted by atomic mass is 15.2. The first-order valence-electron chi connectivity index (χ1n) is 7.11. The number of piperazine rings is 1. The normalized spacial score (nSPS) is 20.5. The molecule has 1 aliphatic heterocycles. The van der Waals surface area contributed by atoms with Crippen LogP contribution in [0.2, 0.25) is 0 Å². The molecule has 19 heavy (non-hydrogen) atoms. The van der Waals surface area contributed by atoms with Crippen LogP contribution in [0.3, 0.4) is 0 Å². The van der Waals surface area contributed by atoms with E-state index in [0.29, 0.717) is 11.5 Å². The first kappa shape index (κ1) is 12.4. The molecule has 0 radical (unpaired) electrons. The van der Waals surface area contributed by atoms with Gasteiger partial charge in [0.25, 0.3) is 0 Å². The molecule has 1 N–H and O–H groups in total. The third kappa shape index (κ3) is 2.54. The Bertz CT molecular complexity index is 481. The molecule has 5 heteroatoms. The molecule has 0 unspecified atom stereocenters. The predicted molar refractivity (Wildman–Crippen MR) is 73.0 cm³/mol. The van der Waals surface area contributed by atoms with Crippen molar-refractivity contribution in [2.24, 2.45) is 0 Å². The maximum absolute atomic E-state index is 9.23. The maximum Gasteiger partial charge on any atom is 0.150 e. The molecule has 3 rings (SSSR count). The SMILES string of the molecule is N#Cc1cnc(C2CCCC2)nc1N1CCNCC1. The van der Waals surface area contributed by atoms with Gasteiger partial charge >= 0.3 is 0 Å². The summed E-state index contributed by atoms with van der Waals surface area (Å²) in [6, 6.07) is 2.22. The lowest BCUT2D eigenvalue weighted by Gasteiger charge is -2.29. The minimum Gasteiger partial charge on any atom is -0.353 e. The number of hydrogen-bond donors (Lipinski definition) is 1. The van der Waals surface area contributed by atoms with Crippen LogP contribution in [-0.2, 0) is 0 Å². The van der Waals surface area contributed by atoms with Crippen molar-refractivity contribution in [3.05, 3.63) is 17.6 Å². The fourth-order valence-corrected chi connectivity index (χ4v) is 2.96. The van der Waals surface area contributed by atoms with Crippen molar-refractivity contribution in [1.82, 2.24) is 15.3 Å². The Morgan fingerprint density at radius 1 is 1.26 bits per heavy atom. The zero-order chi connectivity index (χ0) is 13.1. The molecule has 2 aliphatic rings. The van der Waals surface area contributed by atoms with Crippen LogP contribution in [0.5, 0.6) is 0 Å². The minimum absolute atomic E-state index is 0.495. The Kier molecular flexibility index (Phi) is 3.60. The van der Waals surface area contributed by atoms with E-state index >= 15 is 0 Å². The number of nitrogens with one attached hydrogen (secondary N) is 1. The Morgan fingerprint density at radius 2 is 2.00 bits per heavy atom. The number of rotatable bonds is 2. The van der Waals surface area contributed by atoms with Crippen molar-refractivity contribution >= 4 is 5.82 Å². The second-order valence-electron chi connectivity index (χ2n) is 5.30. The van der Waals surface area contributed by atoms with E-state index in [4.69, 9.17) is 4.98 Å². The number of anilines is 1. The lowest BCUT2D eigenvalue weighted by molar-refractivity contribution is 0.579. The fourth-order valence-electron chi connectivity index (χ4n) is 2.96. The van der Waals surface area contributed by atoms with E-state index in [-0.39, 0.29) is 0 Å². The lowest BCUT2D eigenvalue weighted by Crippen LogP contribution is -2.44. The van der Waals surface area contributed by atoms with Crippen LogP contribution < -0.4 is 10.2 Å². The van der Waals surface area contributed by atoms with Crippen LogP contribution in [0.15, 0.2) is 6.20 Å². The molecule has 5 nitrogen and oxygen atoms in total. The minimum atomic E-state index is 0.495. The monoisotopic (exact) mass is 257 g/mol. The summed E-state index contributed by atoms with van der Waals surface area (Å²) in [4.78, 5) is 11.3. The van der Waals surface area contributed by atoms with E-state index in [1.54, 1.807) is 6.20 Å². The number of aromatic nitrogens is 2. The molecule has 1 saturated carbocycles. The summed E-state index contributed by atoms with van der Waals surface area (Å²) >= 11 is 0. The molecule has 1 aromatic rings. The molecule has 0 atom stereocenters. The molecule has 2 fully saturated rings. The van der Waals surface area contributed by atoms with Gasteiger partial charge in [-0.05, 0) is 12.8 Å². The van der Waals surface area contributed by atoms with Crippen molar-refractivity contribution in [3.63, 3.8) is 0 Å². The largest absolute Gasteiger partial charge is 0.353 e. The standard InChI is InChI=1S/C14H19N5/c15-9-12-10-17-13(11-3-1-2-4-11)18-14(12)19-7-5-16-6-8-19/h10-11,16H,1-8H2. The van der Waals surface area contributed by atoms with Gasteiger partial charge in [-0.25, -0.2) is 9.97 Å². The van der Waals surface area contributed by atoms with Gasteiger partial charge in [-0.15, -0.1) is 0 Å². The quantitative estimate of drug-likeness (QED) is 0.868. The number of nitrogens with zero attached hydrogens (tertiary/aromatic N) is 4. The van der Waals surface area contributed by atoms with Crippen molar-refractivity contribution in [2.75, 3.05) is 31.1 Å². The third-order valence-corrected chi connectivity index (χ3v) is 4.04. The summed E-state index contributed by atoms with van der Waals surface area (Å²) in [6.07, 6.45) is 6.63. The Morgan fingerprint density at radius 3 is 2.68 bits per heavy atom. The van der Waals surface area contributed by atoms with E-state index < -0.39 is 0 Å². The van der Waals surface area contributed by atoms with Crippen molar-refractivity contribution < 1.29 is 0 Å². The molecule has 0 aromatic carbocycles. The molecular formula is C14H19N5. The zero-order valence-electron chi connectivity index (χ0n) is 11.1. The van der Waals surface area contributed by atoms with E-state index in [0.717, 1.165) is 37.8 Å². The van der Waals surface area contributed by atoms with Gasteiger partial charge in [0, 0.05) is 32.1 Å². The van der Waals surface area contributed by atoms with Gasteiger partial charge in [0.1, 0.15) is 23.3 Å². The molecule has 1 saturated heterocycles. The number of nitriles is 1. The molecule has 1 aliphatic carbocycles. The van der Waals surface area contributed by atoms with Gasteiger partial charge in [-0.2, -0.15) is 5.26 Å². The Balaban J connectivity index is 1.90. The summed E-state index contributed by atoms with van der Waals surface area (Å²) in [5, 5.41) is 12.6. The number of hydrogen-bond acceptors (Lipinski definition) is 5. The van der Waals surface area contributed by atoms with Crippen LogP contribution in [0, 0.1) is 11.3 Å². The lowest BCUT2D eigenvalue weighted by atomic mass is 10.1. The maximum atomic E-state index is 9.23. The van der Waals surface area contributed by atoms with Crippen LogP contribution in [0.1, 0.15) is 43.0 Å². The average molecular weight is 257 g/mol. The van der Waals surface area contributed by atoms with Crippen LogP contribution in [0.4, 0.5) is 5.82 Å². The van der Waals surface area contributed by atoms with Crippen LogP contribution in [-0.4, -0.2) is 36.1 Å². The summed E-state index contributed by atoms with van der Waals surface area (Å²) in [6.45, 7) is 3.73. The zero-order valence-corrected chi connectivity index (χ0v) is 11.1. The highest BCUT2D eigenvalue weighted by molar-refractivity contribution is 5.53. The summed E-state index contributed by atoms with van der Waals surface area (Å²) in [7, 11) is 0.